The second-order valence-corrected chi connectivity index (χ2v) is 16.0. The van der Waals surface area contributed by atoms with Crippen molar-refractivity contribution in [2.45, 2.75) is 44.1 Å². The quantitative estimate of drug-likeness (QED) is 0.176. The normalized spacial score (nSPS) is 21.5. The van der Waals surface area contributed by atoms with Gasteiger partial charge in [0.15, 0.2) is 0 Å². The molecule has 3 unspecified atom stereocenters. The smallest absolute Gasteiger partial charge is 0.138 e. The Labute approximate surface area is 333 Å². The topological polar surface area (TPSA) is 32.5 Å². The summed E-state index contributed by atoms with van der Waals surface area (Å²) < 4.78 is 6.25. The Morgan fingerprint density at radius 3 is 2.40 bits per heavy atom. The molecule has 0 fully saturated rings. The molecule has 4 nitrogen and oxygen atoms in total. The number of para-hydroxylation sites is 1. The van der Waals surface area contributed by atoms with E-state index in [2.05, 4.69) is 180 Å². The van der Waals surface area contributed by atoms with Gasteiger partial charge in [-0.3, -0.25) is 0 Å². The Morgan fingerprint density at radius 2 is 1.51 bits per heavy atom. The molecule has 2 aromatic heterocycles. The Bertz CT molecular complexity index is 2790. The first kappa shape index (κ1) is 32.6. The van der Waals surface area contributed by atoms with Gasteiger partial charge in [0.05, 0.1) is 11.7 Å². The molecular weight excluding hydrogens is 695 g/mol. The molecule has 12 rings (SSSR count). The standard InChI is InChI=1S/C53H41N3O/c1-3-13-34(14-4-1)38-31-46(35-15-5-2-6-16-35)54-53(32-38)56-48-21-11-8-18-41(48)44-30-37(24-27-50(44)56)36-23-26-49-43(29-36)40-17-7-10-20-47(40)55(49)39-25-28-52-45(33-39)42-19-9-12-22-51(42)57-52/h1-8,10,12-18,20,22-29,31-33,43-44,49H,9,11,19,21,30H2. The minimum absolute atomic E-state index is 0.209. The van der Waals surface area contributed by atoms with Crippen LogP contribution in [-0.2, 0) is 6.42 Å². The van der Waals surface area contributed by atoms with Crippen LogP contribution in [-0.4, -0.2) is 11.0 Å². The summed E-state index contributed by atoms with van der Waals surface area (Å²) in [7, 11) is 0. The van der Waals surface area contributed by atoms with Gasteiger partial charge in [0.1, 0.15) is 17.2 Å². The maximum absolute atomic E-state index is 6.25. The molecule has 4 aromatic carbocycles. The summed E-state index contributed by atoms with van der Waals surface area (Å²) in [6.45, 7) is 0. The van der Waals surface area contributed by atoms with Crippen molar-refractivity contribution in [2.75, 3.05) is 9.80 Å². The lowest BCUT2D eigenvalue weighted by Crippen LogP contribution is -2.29. The van der Waals surface area contributed by atoms with E-state index in [1.165, 1.54) is 67.1 Å². The number of fused-ring (bicyclic) bond motifs is 8. The van der Waals surface area contributed by atoms with Crippen molar-refractivity contribution in [3.8, 4) is 22.4 Å². The van der Waals surface area contributed by atoms with Crippen LogP contribution in [0.25, 0.3) is 39.4 Å². The van der Waals surface area contributed by atoms with Crippen LogP contribution in [0.15, 0.2) is 196 Å². The number of benzene rings is 4. The Kier molecular flexibility index (Phi) is 7.41. The summed E-state index contributed by atoms with van der Waals surface area (Å²) in [5.74, 6) is 2.55. The molecule has 0 saturated heterocycles. The zero-order valence-corrected chi connectivity index (χ0v) is 31.7. The molecule has 6 aliphatic rings. The Hall–Kier alpha value is -6.65. The van der Waals surface area contributed by atoms with Gasteiger partial charge in [-0.15, -0.1) is 0 Å². The average Bonchev–Trinajstić information content (AvgIpc) is 3.94. The summed E-state index contributed by atoms with van der Waals surface area (Å²) in [5.41, 5.74) is 17.6. The van der Waals surface area contributed by atoms with Crippen molar-refractivity contribution in [3.05, 3.63) is 209 Å². The molecule has 274 valence electrons. The van der Waals surface area contributed by atoms with Gasteiger partial charge in [0.25, 0.3) is 0 Å². The van der Waals surface area contributed by atoms with Crippen molar-refractivity contribution in [1.29, 1.82) is 0 Å². The van der Waals surface area contributed by atoms with Crippen LogP contribution >= 0.6 is 0 Å². The fourth-order valence-electron chi connectivity index (χ4n) is 10.2. The van der Waals surface area contributed by atoms with Gasteiger partial charge in [0.2, 0.25) is 0 Å². The number of hydrogen-bond donors (Lipinski definition) is 0. The highest BCUT2D eigenvalue weighted by Crippen LogP contribution is 2.53. The molecular formula is C53H41N3O. The Balaban J connectivity index is 0.916. The molecule has 0 bridgehead atoms. The summed E-state index contributed by atoms with van der Waals surface area (Å²) >= 11 is 0. The number of anilines is 3. The number of furan rings is 1. The van der Waals surface area contributed by atoms with Crippen LogP contribution in [0.5, 0.6) is 0 Å². The van der Waals surface area contributed by atoms with Gasteiger partial charge >= 0.3 is 0 Å². The SMILES string of the molecule is C1=CC2=C(CC1)N(c1cc(-c3ccccc3)cc(-c3ccccc3)n1)C1=CC=C(C3=CC4c5ccccc5N(c5ccc6oc7c(c6c5)CCC=C7)C4C=C3)CC12. The number of hydrogen-bond acceptors (Lipinski definition) is 4. The largest absolute Gasteiger partial charge is 0.456 e. The number of allylic oxidation sites excluding steroid dienone is 10. The first-order valence-electron chi connectivity index (χ1n) is 20.5. The molecule has 2 aliphatic heterocycles. The first-order chi connectivity index (χ1) is 28.2. The van der Waals surface area contributed by atoms with E-state index in [0.29, 0.717) is 0 Å². The third-order valence-electron chi connectivity index (χ3n) is 12.9. The van der Waals surface area contributed by atoms with E-state index in [4.69, 9.17) is 9.40 Å². The number of nitrogens with zero attached hydrogens (tertiary/aromatic N) is 3. The molecule has 0 N–H and O–H groups in total. The van der Waals surface area contributed by atoms with Crippen LogP contribution in [0, 0.1) is 5.92 Å². The minimum Gasteiger partial charge on any atom is -0.456 e. The zero-order valence-electron chi connectivity index (χ0n) is 31.7. The van der Waals surface area contributed by atoms with E-state index in [0.717, 1.165) is 60.5 Å². The third-order valence-corrected chi connectivity index (χ3v) is 12.9. The van der Waals surface area contributed by atoms with Crippen LogP contribution in [0.2, 0.25) is 0 Å². The maximum atomic E-state index is 6.25. The molecule has 0 saturated carbocycles. The van der Waals surface area contributed by atoms with E-state index in [1.807, 2.05) is 0 Å². The summed E-state index contributed by atoms with van der Waals surface area (Å²) in [5, 5.41) is 1.24. The third kappa shape index (κ3) is 5.24. The molecule has 0 radical (unpaired) electrons. The molecule has 4 heteroatoms. The monoisotopic (exact) mass is 735 g/mol. The van der Waals surface area contributed by atoms with Crippen LogP contribution in [0.3, 0.4) is 0 Å². The predicted octanol–water partition coefficient (Wildman–Crippen LogP) is 13.2. The van der Waals surface area contributed by atoms with Gasteiger partial charge in [-0.05, 0) is 114 Å². The highest BCUT2D eigenvalue weighted by Gasteiger charge is 2.41. The fraction of sp³-hybridized carbons (Fsp3) is 0.151. The van der Waals surface area contributed by atoms with Crippen molar-refractivity contribution < 1.29 is 4.42 Å². The molecule has 3 atom stereocenters. The molecule has 4 heterocycles. The maximum Gasteiger partial charge on any atom is 0.138 e. The van der Waals surface area contributed by atoms with Crippen LogP contribution in [0.1, 0.15) is 48.5 Å². The lowest BCUT2D eigenvalue weighted by atomic mass is 9.79. The van der Waals surface area contributed by atoms with Crippen molar-refractivity contribution in [2.24, 2.45) is 5.92 Å². The second kappa shape index (κ2) is 13.0. The first-order valence-corrected chi connectivity index (χ1v) is 20.5. The summed E-state index contributed by atoms with van der Waals surface area (Å²) in [4.78, 5) is 10.4. The average molecular weight is 736 g/mol. The molecule has 0 spiro atoms. The zero-order chi connectivity index (χ0) is 37.5. The summed E-state index contributed by atoms with van der Waals surface area (Å²) in [6, 6.07) is 41.8. The number of rotatable bonds is 5. The fourth-order valence-corrected chi connectivity index (χ4v) is 10.2. The lowest BCUT2D eigenvalue weighted by Gasteiger charge is -2.31. The van der Waals surface area contributed by atoms with E-state index in [-0.39, 0.29) is 17.9 Å². The molecule has 6 aromatic rings. The highest BCUT2D eigenvalue weighted by molar-refractivity contribution is 5.90. The van der Waals surface area contributed by atoms with Crippen molar-refractivity contribution >= 4 is 34.2 Å². The highest BCUT2D eigenvalue weighted by atomic mass is 16.3. The van der Waals surface area contributed by atoms with Gasteiger partial charge < -0.3 is 14.2 Å². The van der Waals surface area contributed by atoms with Crippen LogP contribution < -0.4 is 9.80 Å². The Morgan fingerprint density at radius 1 is 0.702 bits per heavy atom. The predicted molar refractivity (Wildman–Crippen MR) is 233 cm³/mol. The van der Waals surface area contributed by atoms with Gasteiger partial charge in [-0.25, -0.2) is 4.98 Å². The van der Waals surface area contributed by atoms with E-state index in [1.54, 1.807) is 0 Å². The number of pyridine rings is 1. The van der Waals surface area contributed by atoms with Crippen molar-refractivity contribution in [3.63, 3.8) is 0 Å². The van der Waals surface area contributed by atoms with Crippen molar-refractivity contribution in [1.82, 2.24) is 4.98 Å². The molecule has 4 aliphatic carbocycles. The second-order valence-electron chi connectivity index (χ2n) is 16.0. The van der Waals surface area contributed by atoms with Crippen LogP contribution in [0.4, 0.5) is 17.2 Å². The van der Waals surface area contributed by atoms with E-state index >= 15 is 0 Å². The lowest BCUT2D eigenvalue weighted by molar-refractivity contribution is 0.595. The van der Waals surface area contributed by atoms with Gasteiger partial charge in [-0.1, -0.05) is 121 Å². The van der Waals surface area contributed by atoms with E-state index < -0.39 is 0 Å². The molecule has 57 heavy (non-hydrogen) atoms. The van der Waals surface area contributed by atoms with E-state index in [9.17, 15) is 0 Å². The molecule has 0 amide bonds. The van der Waals surface area contributed by atoms with Gasteiger partial charge in [-0.2, -0.15) is 0 Å². The summed E-state index contributed by atoms with van der Waals surface area (Å²) in [6.07, 6.45) is 26.4. The number of aryl methyl sites for hydroxylation is 1. The van der Waals surface area contributed by atoms with Gasteiger partial charge in [0, 0.05) is 51.1 Å². The minimum atomic E-state index is 0.209. The number of aromatic nitrogens is 1.